The number of alkyl halides is 1. The second kappa shape index (κ2) is 5.04. The maximum Gasteiger partial charge on any atom is 0.164 e. The van der Waals surface area contributed by atoms with Crippen LogP contribution in [0.2, 0.25) is 0 Å². The summed E-state index contributed by atoms with van der Waals surface area (Å²) in [6.07, 6.45) is 2.75. The van der Waals surface area contributed by atoms with Crippen LogP contribution >= 0.6 is 23.4 Å². The summed E-state index contributed by atoms with van der Waals surface area (Å²) in [7, 11) is 0. The Morgan fingerprint density at radius 2 is 2.33 bits per heavy atom. The molecule has 0 saturated heterocycles. The highest BCUT2D eigenvalue weighted by Crippen LogP contribution is 2.30. The Morgan fingerprint density at radius 1 is 1.47 bits per heavy atom. The van der Waals surface area contributed by atoms with Gasteiger partial charge in [0.1, 0.15) is 0 Å². The van der Waals surface area contributed by atoms with Crippen LogP contribution in [0.5, 0.6) is 0 Å². The molecule has 1 aliphatic rings. The molecule has 0 fully saturated rings. The minimum absolute atomic E-state index is 0.156. The molecule has 0 amide bonds. The highest BCUT2D eigenvalue weighted by Gasteiger charge is 2.12. The van der Waals surface area contributed by atoms with Crippen molar-refractivity contribution in [2.24, 2.45) is 0 Å². The molecule has 0 N–H and O–H groups in total. The predicted molar refractivity (Wildman–Crippen MR) is 65.2 cm³/mol. The monoisotopic (exact) mass is 240 g/mol. The number of carbonyl (C=O) groups is 1. The lowest BCUT2D eigenvalue weighted by Crippen LogP contribution is -2.04. The van der Waals surface area contributed by atoms with Gasteiger partial charge >= 0.3 is 0 Å². The summed E-state index contributed by atoms with van der Waals surface area (Å²) in [6.45, 7) is 0. The van der Waals surface area contributed by atoms with E-state index in [9.17, 15) is 4.79 Å². The Kier molecular flexibility index (Phi) is 3.71. The number of thioether (sulfide) groups is 1. The van der Waals surface area contributed by atoms with Gasteiger partial charge in [0.05, 0.1) is 0 Å². The van der Waals surface area contributed by atoms with E-state index >= 15 is 0 Å². The Balaban J connectivity index is 2.24. The third-order valence-corrected chi connectivity index (χ3v) is 3.94. The molecule has 0 aliphatic carbocycles. The maximum atomic E-state index is 11.6. The van der Waals surface area contributed by atoms with Crippen molar-refractivity contribution in [1.29, 1.82) is 0 Å². The number of rotatable bonds is 3. The van der Waals surface area contributed by atoms with Crippen LogP contribution in [0, 0.1) is 0 Å². The number of fused-ring (bicyclic) bond motifs is 1. The fourth-order valence-electron chi connectivity index (χ4n) is 1.76. The van der Waals surface area contributed by atoms with E-state index in [4.69, 9.17) is 11.6 Å². The van der Waals surface area contributed by atoms with Gasteiger partial charge in [-0.3, -0.25) is 4.79 Å². The van der Waals surface area contributed by atoms with Crippen molar-refractivity contribution in [3.63, 3.8) is 0 Å². The molecule has 1 heterocycles. The van der Waals surface area contributed by atoms with Gasteiger partial charge in [0.2, 0.25) is 0 Å². The van der Waals surface area contributed by atoms with Crippen LogP contribution in [0.15, 0.2) is 23.1 Å². The van der Waals surface area contributed by atoms with E-state index in [1.807, 2.05) is 23.9 Å². The molecular formula is C12H13ClOS. The van der Waals surface area contributed by atoms with E-state index in [1.165, 1.54) is 22.6 Å². The topological polar surface area (TPSA) is 17.1 Å². The lowest BCUT2D eigenvalue weighted by molar-refractivity contribution is 0.0989. The van der Waals surface area contributed by atoms with Gasteiger partial charge in [-0.1, -0.05) is 6.07 Å². The smallest absolute Gasteiger partial charge is 0.164 e. The lowest BCUT2D eigenvalue weighted by Gasteiger charge is -2.15. The van der Waals surface area contributed by atoms with Gasteiger partial charge in [-0.2, -0.15) is 0 Å². The largest absolute Gasteiger partial charge is 0.294 e. The van der Waals surface area contributed by atoms with Gasteiger partial charge in [-0.25, -0.2) is 0 Å². The number of halogens is 1. The van der Waals surface area contributed by atoms with Crippen molar-refractivity contribution in [3.05, 3.63) is 29.3 Å². The average molecular weight is 241 g/mol. The summed E-state index contributed by atoms with van der Waals surface area (Å²) in [6, 6.07) is 6.03. The first-order valence-electron chi connectivity index (χ1n) is 5.16. The number of ketones is 1. The highest BCUT2D eigenvalue weighted by molar-refractivity contribution is 7.99. The van der Waals surface area contributed by atoms with E-state index in [2.05, 4.69) is 6.07 Å². The summed E-state index contributed by atoms with van der Waals surface area (Å²) in [4.78, 5) is 13.0. The molecule has 3 heteroatoms. The van der Waals surface area contributed by atoms with Crippen molar-refractivity contribution in [3.8, 4) is 0 Å². The first kappa shape index (κ1) is 11.0. The number of carbonyl (C=O) groups excluding carboxylic acids is 1. The van der Waals surface area contributed by atoms with Gasteiger partial charge in [0.15, 0.2) is 5.78 Å². The molecule has 0 bridgehead atoms. The van der Waals surface area contributed by atoms with Crippen LogP contribution in [0.25, 0.3) is 0 Å². The fraction of sp³-hybridized carbons (Fsp3) is 0.417. The van der Waals surface area contributed by atoms with Crippen molar-refractivity contribution in [1.82, 2.24) is 0 Å². The van der Waals surface area contributed by atoms with Crippen LogP contribution in [-0.4, -0.2) is 17.4 Å². The standard InChI is InChI=1S/C12H13ClOS/c13-6-5-11(14)9-3-4-12-10(8-9)2-1-7-15-12/h3-4,8H,1-2,5-7H2. The molecule has 80 valence electrons. The van der Waals surface area contributed by atoms with Gasteiger partial charge in [-0.05, 0) is 36.3 Å². The van der Waals surface area contributed by atoms with E-state index in [0.29, 0.717) is 12.3 Å². The Bertz CT molecular complexity index is 376. The van der Waals surface area contributed by atoms with E-state index < -0.39 is 0 Å². The predicted octanol–water partition coefficient (Wildman–Crippen LogP) is 3.54. The molecular weight excluding hydrogens is 228 g/mol. The highest BCUT2D eigenvalue weighted by atomic mass is 35.5. The lowest BCUT2D eigenvalue weighted by atomic mass is 10.0. The molecule has 1 nitrogen and oxygen atoms in total. The molecule has 0 spiro atoms. The normalized spacial score (nSPS) is 14.7. The number of Topliss-reactive ketones (excluding diaryl/α,β-unsaturated/α-hetero) is 1. The number of hydrogen-bond acceptors (Lipinski definition) is 2. The second-order valence-corrected chi connectivity index (χ2v) is 5.15. The zero-order chi connectivity index (χ0) is 10.7. The van der Waals surface area contributed by atoms with Crippen molar-refractivity contribution in [2.75, 3.05) is 11.6 Å². The minimum Gasteiger partial charge on any atom is -0.294 e. The molecule has 2 rings (SSSR count). The Morgan fingerprint density at radius 3 is 3.13 bits per heavy atom. The number of aryl methyl sites for hydroxylation is 1. The molecule has 0 radical (unpaired) electrons. The fourth-order valence-corrected chi connectivity index (χ4v) is 2.95. The van der Waals surface area contributed by atoms with Crippen molar-refractivity contribution in [2.45, 2.75) is 24.2 Å². The summed E-state index contributed by atoms with van der Waals surface area (Å²) in [5.74, 6) is 1.76. The third-order valence-electron chi connectivity index (χ3n) is 2.55. The van der Waals surface area contributed by atoms with Crippen LogP contribution in [0.4, 0.5) is 0 Å². The minimum atomic E-state index is 0.156. The van der Waals surface area contributed by atoms with Gasteiger partial charge in [0, 0.05) is 22.8 Å². The zero-order valence-electron chi connectivity index (χ0n) is 8.46. The van der Waals surface area contributed by atoms with E-state index in [1.54, 1.807) is 0 Å². The third kappa shape index (κ3) is 2.56. The molecule has 0 atom stereocenters. The molecule has 1 aliphatic heterocycles. The molecule has 0 saturated carbocycles. The molecule has 0 unspecified atom stereocenters. The quantitative estimate of drug-likeness (QED) is 0.594. The molecule has 0 aromatic heterocycles. The maximum absolute atomic E-state index is 11.6. The van der Waals surface area contributed by atoms with Gasteiger partial charge in [0.25, 0.3) is 0 Å². The van der Waals surface area contributed by atoms with Crippen LogP contribution in [0.1, 0.15) is 28.8 Å². The van der Waals surface area contributed by atoms with Crippen molar-refractivity contribution < 1.29 is 4.79 Å². The Hall–Kier alpha value is -0.470. The van der Waals surface area contributed by atoms with E-state index in [0.717, 1.165) is 12.0 Å². The molecule has 1 aromatic carbocycles. The van der Waals surface area contributed by atoms with E-state index in [-0.39, 0.29) is 5.78 Å². The summed E-state index contributed by atoms with van der Waals surface area (Å²) >= 11 is 7.45. The second-order valence-electron chi connectivity index (χ2n) is 3.64. The van der Waals surface area contributed by atoms with Crippen LogP contribution in [-0.2, 0) is 6.42 Å². The Labute approximate surface area is 99.2 Å². The van der Waals surface area contributed by atoms with Crippen LogP contribution < -0.4 is 0 Å². The molecule has 15 heavy (non-hydrogen) atoms. The van der Waals surface area contributed by atoms with Crippen molar-refractivity contribution >= 4 is 29.1 Å². The summed E-state index contributed by atoms with van der Waals surface area (Å²) in [5.41, 5.74) is 2.14. The van der Waals surface area contributed by atoms with Crippen LogP contribution in [0.3, 0.4) is 0 Å². The summed E-state index contributed by atoms with van der Waals surface area (Å²) < 4.78 is 0. The zero-order valence-corrected chi connectivity index (χ0v) is 10.0. The van der Waals surface area contributed by atoms with Gasteiger partial charge in [-0.15, -0.1) is 23.4 Å². The molecule has 1 aromatic rings. The average Bonchev–Trinajstić information content (AvgIpc) is 2.29. The van der Waals surface area contributed by atoms with Gasteiger partial charge < -0.3 is 0 Å². The number of hydrogen-bond donors (Lipinski definition) is 0. The first-order valence-corrected chi connectivity index (χ1v) is 6.68. The first-order chi connectivity index (χ1) is 7.31. The number of benzene rings is 1. The SMILES string of the molecule is O=C(CCCl)c1ccc2c(c1)CCCS2. The summed E-state index contributed by atoms with van der Waals surface area (Å²) in [5, 5.41) is 0.